The van der Waals surface area contributed by atoms with Gasteiger partial charge in [0.05, 0.1) is 22.6 Å². The zero-order valence-corrected chi connectivity index (χ0v) is 16.3. The Morgan fingerprint density at radius 3 is 2.29 bits per heavy atom. The second-order valence-corrected chi connectivity index (χ2v) is 8.51. The van der Waals surface area contributed by atoms with Gasteiger partial charge in [0.1, 0.15) is 0 Å². The summed E-state index contributed by atoms with van der Waals surface area (Å²) in [5, 5.41) is 0.987. The highest BCUT2D eigenvalue weighted by Crippen LogP contribution is 2.28. The van der Waals surface area contributed by atoms with Crippen molar-refractivity contribution >= 4 is 26.6 Å². The molecule has 0 N–H and O–H groups in total. The lowest BCUT2D eigenvalue weighted by Crippen LogP contribution is -2.30. The minimum Gasteiger partial charge on any atom is -0.262 e. The molecule has 0 saturated carbocycles. The molecule has 0 aliphatic rings. The number of anilines is 1. The van der Waals surface area contributed by atoms with E-state index in [4.69, 9.17) is 0 Å². The van der Waals surface area contributed by atoms with Crippen LogP contribution in [0.4, 0.5) is 5.69 Å². The lowest BCUT2D eigenvalue weighted by molar-refractivity contribution is 0.590. The van der Waals surface area contributed by atoms with Crippen LogP contribution in [0.5, 0.6) is 0 Å². The third kappa shape index (κ3) is 3.49. The summed E-state index contributed by atoms with van der Waals surface area (Å²) in [7, 11) is -3.73. The average Bonchev–Trinajstić information content (AvgIpc) is 2.73. The smallest absolute Gasteiger partial charge is 0.262 e. The maximum atomic E-state index is 13.5. The lowest BCUT2D eigenvalue weighted by Gasteiger charge is -2.25. The largest absolute Gasteiger partial charge is 0.264 e. The van der Waals surface area contributed by atoms with E-state index in [2.05, 4.69) is 4.98 Å². The molecule has 0 aliphatic heterocycles. The van der Waals surface area contributed by atoms with Crippen molar-refractivity contribution in [2.75, 3.05) is 4.31 Å². The van der Waals surface area contributed by atoms with Crippen molar-refractivity contribution in [1.82, 2.24) is 4.98 Å². The van der Waals surface area contributed by atoms with Crippen LogP contribution in [0.2, 0.25) is 0 Å². The Labute approximate surface area is 165 Å². The van der Waals surface area contributed by atoms with Crippen molar-refractivity contribution < 1.29 is 8.42 Å². The van der Waals surface area contributed by atoms with E-state index in [9.17, 15) is 8.42 Å². The molecule has 1 heterocycles. The predicted molar refractivity (Wildman–Crippen MR) is 113 cm³/mol. The van der Waals surface area contributed by atoms with E-state index in [0.717, 1.165) is 22.0 Å². The van der Waals surface area contributed by atoms with Crippen molar-refractivity contribution in [2.24, 2.45) is 0 Å². The standard InChI is InChI=1S/C23H20N2O2S/c1-18-12-14-22(15-13-18)28(26,27)25(21-10-3-2-4-11-21)17-20-8-5-7-19-9-6-16-24-23(19)20/h2-16H,17H2,1H3. The first-order valence-corrected chi connectivity index (χ1v) is 10.5. The average molecular weight is 388 g/mol. The van der Waals surface area contributed by atoms with E-state index in [1.165, 1.54) is 4.31 Å². The summed E-state index contributed by atoms with van der Waals surface area (Å²) in [5.74, 6) is 0. The Morgan fingerprint density at radius 1 is 0.821 bits per heavy atom. The van der Waals surface area contributed by atoms with Gasteiger partial charge in [-0.3, -0.25) is 9.29 Å². The quantitative estimate of drug-likeness (QED) is 0.487. The highest BCUT2D eigenvalue weighted by Gasteiger charge is 2.25. The molecule has 3 aromatic carbocycles. The number of fused-ring (bicyclic) bond motifs is 1. The number of benzene rings is 3. The highest BCUT2D eigenvalue weighted by molar-refractivity contribution is 7.92. The van der Waals surface area contributed by atoms with Gasteiger partial charge < -0.3 is 0 Å². The molecule has 0 unspecified atom stereocenters. The number of aromatic nitrogens is 1. The van der Waals surface area contributed by atoms with E-state index in [1.54, 1.807) is 18.3 Å². The number of pyridine rings is 1. The molecule has 0 saturated heterocycles. The number of hydrogen-bond donors (Lipinski definition) is 0. The van der Waals surface area contributed by atoms with Gasteiger partial charge in [-0.05, 0) is 42.8 Å². The Hall–Kier alpha value is -3.18. The number of nitrogens with zero attached hydrogens (tertiary/aromatic N) is 2. The van der Waals surface area contributed by atoms with Crippen molar-refractivity contribution in [1.29, 1.82) is 0 Å². The van der Waals surface area contributed by atoms with Gasteiger partial charge in [-0.15, -0.1) is 0 Å². The molecule has 1 aromatic heterocycles. The molecule has 4 aromatic rings. The summed E-state index contributed by atoms with van der Waals surface area (Å²) in [6.45, 7) is 2.14. The molecule has 4 rings (SSSR count). The van der Waals surface area contributed by atoms with Crippen LogP contribution in [0, 0.1) is 6.92 Å². The van der Waals surface area contributed by atoms with Crippen LogP contribution in [0.15, 0.2) is 96.0 Å². The maximum absolute atomic E-state index is 13.5. The van der Waals surface area contributed by atoms with E-state index in [1.807, 2.05) is 79.7 Å². The van der Waals surface area contributed by atoms with Gasteiger partial charge in [0.15, 0.2) is 0 Å². The molecule has 0 bridgehead atoms. The van der Waals surface area contributed by atoms with Crippen LogP contribution < -0.4 is 4.31 Å². The summed E-state index contributed by atoms with van der Waals surface area (Å²) in [4.78, 5) is 4.75. The monoisotopic (exact) mass is 388 g/mol. The molecule has 0 aliphatic carbocycles. The Balaban J connectivity index is 1.84. The van der Waals surface area contributed by atoms with Crippen LogP contribution in [-0.4, -0.2) is 13.4 Å². The molecule has 0 radical (unpaired) electrons. The minimum absolute atomic E-state index is 0.203. The Kier molecular flexibility index (Phi) is 4.84. The molecule has 28 heavy (non-hydrogen) atoms. The van der Waals surface area contributed by atoms with Crippen molar-refractivity contribution in [3.8, 4) is 0 Å². The first-order valence-electron chi connectivity index (χ1n) is 9.03. The highest BCUT2D eigenvalue weighted by atomic mass is 32.2. The molecule has 0 spiro atoms. The fraction of sp³-hybridized carbons (Fsp3) is 0.0870. The SMILES string of the molecule is Cc1ccc(S(=O)(=O)N(Cc2cccc3cccnc23)c2ccccc2)cc1. The molecular weight excluding hydrogens is 368 g/mol. The molecule has 0 amide bonds. The van der Waals surface area contributed by atoms with Crippen LogP contribution >= 0.6 is 0 Å². The zero-order chi connectivity index (χ0) is 19.6. The molecular formula is C23H20N2O2S. The second kappa shape index (κ2) is 7.44. The first kappa shape index (κ1) is 18.2. The van der Waals surface area contributed by atoms with E-state index >= 15 is 0 Å². The van der Waals surface area contributed by atoms with Crippen molar-refractivity contribution in [3.63, 3.8) is 0 Å². The van der Waals surface area contributed by atoms with Crippen molar-refractivity contribution in [2.45, 2.75) is 18.4 Å². The third-order valence-electron chi connectivity index (χ3n) is 4.68. The molecule has 140 valence electrons. The number of hydrogen-bond acceptors (Lipinski definition) is 3. The van der Waals surface area contributed by atoms with Gasteiger partial charge in [-0.25, -0.2) is 8.42 Å². The summed E-state index contributed by atoms with van der Waals surface area (Å²) < 4.78 is 28.4. The number of para-hydroxylation sites is 2. The van der Waals surface area contributed by atoms with Crippen LogP contribution in [0.25, 0.3) is 10.9 Å². The lowest BCUT2D eigenvalue weighted by atomic mass is 10.1. The van der Waals surface area contributed by atoms with Gasteiger partial charge >= 0.3 is 0 Å². The van der Waals surface area contributed by atoms with E-state index in [0.29, 0.717) is 5.69 Å². The van der Waals surface area contributed by atoms with Crippen LogP contribution in [0.1, 0.15) is 11.1 Å². The van der Waals surface area contributed by atoms with E-state index < -0.39 is 10.0 Å². The Bertz CT molecular complexity index is 1200. The predicted octanol–water partition coefficient (Wildman–Crippen LogP) is 4.94. The zero-order valence-electron chi connectivity index (χ0n) is 15.5. The molecule has 4 nitrogen and oxygen atoms in total. The fourth-order valence-corrected chi connectivity index (χ4v) is 4.64. The summed E-state index contributed by atoms with van der Waals surface area (Å²) >= 11 is 0. The number of aryl methyl sites for hydroxylation is 1. The molecule has 0 atom stereocenters. The van der Waals surface area contributed by atoms with Crippen molar-refractivity contribution in [3.05, 3.63) is 102 Å². The van der Waals surface area contributed by atoms with Crippen LogP contribution in [-0.2, 0) is 16.6 Å². The first-order chi connectivity index (χ1) is 13.6. The third-order valence-corrected chi connectivity index (χ3v) is 6.47. The van der Waals surface area contributed by atoms with Gasteiger partial charge in [-0.2, -0.15) is 0 Å². The normalized spacial score (nSPS) is 11.5. The summed E-state index contributed by atoms with van der Waals surface area (Å²) in [6, 6.07) is 25.8. The van der Waals surface area contributed by atoms with Gasteiger partial charge in [0.25, 0.3) is 10.0 Å². The number of sulfonamides is 1. The topological polar surface area (TPSA) is 50.3 Å². The van der Waals surface area contributed by atoms with Gasteiger partial charge in [0.2, 0.25) is 0 Å². The van der Waals surface area contributed by atoms with Gasteiger partial charge in [0, 0.05) is 11.6 Å². The van der Waals surface area contributed by atoms with E-state index in [-0.39, 0.29) is 11.4 Å². The second-order valence-electron chi connectivity index (χ2n) is 6.65. The summed E-state index contributed by atoms with van der Waals surface area (Å²) in [5.41, 5.74) is 3.31. The number of rotatable bonds is 5. The van der Waals surface area contributed by atoms with Crippen LogP contribution in [0.3, 0.4) is 0 Å². The molecule has 0 fully saturated rings. The Morgan fingerprint density at radius 2 is 1.54 bits per heavy atom. The molecule has 5 heteroatoms. The fourth-order valence-electron chi connectivity index (χ4n) is 3.20. The maximum Gasteiger partial charge on any atom is 0.264 e. The minimum atomic E-state index is -3.73. The van der Waals surface area contributed by atoms with Gasteiger partial charge in [-0.1, -0.05) is 60.2 Å². The summed E-state index contributed by atoms with van der Waals surface area (Å²) in [6.07, 6.45) is 1.73.